The van der Waals surface area contributed by atoms with Gasteiger partial charge in [0.1, 0.15) is 5.82 Å². The molecule has 31 heavy (non-hydrogen) atoms. The van der Waals surface area contributed by atoms with E-state index in [4.69, 9.17) is 0 Å². The number of hydrogen-bond acceptors (Lipinski definition) is 4. The van der Waals surface area contributed by atoms with Gasteiger partial charge in [-0.1, -0.05) is 31.2 Å². The number of carbonyl (C=O) groups excluding carboxylic acids is 2. The van der Waals surface area contributed by atoms with Crippen LogP contribution in [0.3, 0.4) is 0 Å². The summed E-state index contributed by atoms with van der Waals surface area (Å²) in [6, 6.07) is 15.0. The molecule has 1 aromatic heterocycles. The maximum Gasteiger partial charge on any atom is 0.258 e. The molecule has 4 rings (SSSR count). The van der Waals surface area contributed by atoms with E-state index < -0.39 is 5.92 Å². The summed E-state index contributed by atoms with van der Waals surface area (Å²) < 4.78 is 0. The standard InChI is InChI=1S/C24H26N4O3/c1-3-16-9-11-18(12-10-16)28-14-17(13-22(28)29)24(31)27(4-2)15-21-25-20-8-6-5-7-19(20)23(30)26-21/h5-12,17H,3-4,13-15H2,1-2H3,(H,25,26,30)/t17-/m0/s1. The van der Waals surface area contributed by atoms with Crippen molar-refractivity contribution in [2.75, 3.05) is 18.0 Å². The second-order valence-electron chi connectivity index (χ2n) is 7.81. The third kappa shape index (κ3) is 4.21. The van der Waals surface area contributed by atoms with Gasteiger partial charge in [0.2, 0.25) is 11.8 Å². The van der Waals surface area contributed by atoms with Gasteiger partial charge in [0.25, 0.3) is 5.56 Å². The molecular formula is C24H26N4O3. The van der Waals surface area contributed by atoms with Crippen LogP contribution in [0, 0.1) is 5.92 Å². The Kier molecular flexibility index (Phi) is 5.84. The molecule has 1 N–H and O–H groups in total. The molecule has 7 nitrogen and oxygen atoms in total. The Morgan fingerprint density at radius 3 is 2.58 bits per heavy atom. The number of hydrogen-bond donors (Lipinski definition) is 1. The van der Waals surface area contributed by atoms with E-state index in [1.807, 2.05) is 37.3 Å². The van der Waals surface area contributed by atoms with Crippen molar-refractivity contribution in [2.24, 2.45) is 5.92 Å². The number of nitrogens with one attached hydrogen (secondary N) is 1. The minimum atomic E-state index is -0.412. The zero-order valence-electron chi connectivity index (χ0n) is 17.8. The van der Waals surface area contributed by atoms with Gasteiger partial charge in [-0.2, -0.15) is 0 Å². The van der Waals surface area contributed by atoms with Crippen LogP contribution in [0.5, 0.6) is 0 Å². The Bertz CT molecular complexity index is 1170. The highest BCUT2D eigenvalue weighted by Crippen LogP contribution is 2.27. The van der Waals surface area contributed by atoms with Crippen molar-refractivity contribution < 1.29 is 9.59 Å². The van der Waals surface area contributed by atoms with Crippen LogP contribution >= 0.6 is 0 Å². The molecule has 2 aromatic carbocycles. The Balaban J connectivity index is 1.50. The van der Waals surface area contributed by atoms with Crippen molar-refractivity contribution in [3.05, 3.63) is 70.3 Å². The SMILES string of the molecule is CCc1ccc(N2C[C@@H](C(=O)N(CC)Cc3nc4ccccc4c(=O)[nH]3)CC2=O)cc1. The summed E-state index contributed by atoms with van der Waals surface area (Å²) in [5.41, 5.74) is 2.41. The number of amides is 2. The molecule has 1 aliphatic heterocycles. The van der Waals surface area contributed by atoms with E-state index in [2.05, 4.69) is 16.9 Å². The molecule has 7 heteroatoms. The number of anilines is 1. The van der Waals surface area contributed by atoms with Gasteiger partial charge in [0, 0.05) is 25.2 Å². The van der Waals surface area contributed by atoms with Crippen LogP contribution in [0.2, 0.25) is 0 Å². The molecule has 0 radical (unpaired) electrons. The van der Waals surface area contributed by atoms with Crippen molar-refractivity contribution in [1.29, 1.82) is 0 Å². The fourth-order valence-electron chi connectivity index (χ4n) is 4.03. The maximum absolute atomic E-state index is 13.2. The number of aromatic amines is 1. The summed E-state index contributed by atoms with van der Waals surface area (Å²) in [5.74, 6) is -0.115. The Morgan fingerprint density at radius 2 is 1.87 bits per heavy atom. The molecule has 0 bridgehead atoms. The first kappa shape index (κ1) is 20.8. The number of benzene rings is 2. The molecule has 0 unspecified atom stereocenters. The molecule has 160 valence electrons. The molecule has 1 aliphatic rings. The number of carbonyl (C=O) groups is 2. The predicted octanol–water partition coefficient (Wildman–Crippen LogP) is 2.89. The van der Waals surface area contributed by atoms with Crippen molar-refractivity contribution in [3.8, 4) is 0 Å². The van der Waals surface area contributed by atoms with Gasteiger partial charge in [0.05, 0.1) is 23.4 Å². The summed E-state index contributed by atoms with van der Waals surface area (Å²) in [4.78, 5) is 48.7. The first-order valence-corrected chi connectivity index (χ1v) is 10.7. The minimum absolute atomic E-state index is 0.0455. The molecule has 1 fully saturated rings. The summed E-state index contributed by atoms with van der Waals surface area (Å²) in [7, 11) is 0. The zero-order valence-corrected chi connectivity index (χ0v) is 17.8. The second kappa shape index (κ2) is 8.71. The van der Waals surface area contributed by atoms with Crippen molar-refractivity contribution in [3.63, 3.8) is 0 Å². The average molecular weight is 418 g/mol. The molecule has 0 spiro atoms. The van der Waals surface area contributed by atoms with Gasteiger partial charge in [-0.15, -0.1) is 0 Å². The lowest BCUT2D eigenvalue weighted by Gasteiger charge is -2.24. The molecule has 0 aliphatic carbocycles. The fourth-order valence-corrected chi connectivity index (χ4v) is 4.03. The first-order chi connectivity index (χ1) is 15.0. The number of rotatable bonds is 6. The minimum Gasteiger partial charge on any atom is -0.335 e. The van der Waals surface area contributed by atoms with Crippen LogP contribution in [0.4, 0.5) is 5.69 Å². The second-order valence-corrected chi connectivity index (χ2v) is 7.81. The number of aromatic nitrogens is 2. The van der Waals surface area contributed by atoms with Gasteiger partial charge in [-0.25, -0.2) is 4.98 Å². The predicted molar refractivity (Wildman–Crippen MR) is 120 cm³/mol. The molecule has 0 saturated carbocycles. The van der Waals surface area contributed by atoms with Crippen LogP contribution in [-0.2, 0) is 22.6 Å². The lowest BCUT2D eigenvalue weighted by atomic mass is 10.1. The highest BCUT2D eigenvalue weighted by atomic mass is 16.2. The smallest absolute Gasteiger partial charge is 0.258 e. The number of aryl methyl sites for hydroxylation is 1. The molecular weight excluding hydrogens is 392 g/mol. The highest BCUT2D eigenvalue weighted by molar-refractivity contribution is 6.00. The maximum atomic E-state index is 13.2. The van der Waals surface area contributed by atoms with Crippen molar-refractivity contribution in [1.82, 2.24) is 14.9 Å². The van der Waals surface area contributed by atoms with E-state index in [1.54, 1.807) is 28.0 Å². The number of para-hydroxylation sites is 1. The number of H-pyrrole nitrogens is 1. The topological polar surface area (TPSA) is 86.4 Å². The van der Waals surface area contributed by atoms with Crippen LogP contribution < -0.4 is 10.5 Å². The van der Waals surface area contributed by atoms with E-state index in [9.17, 15) is 14.4 Å². The first-order valence-electron chi connectivity index (χ1n) is 10.7. The lowest BCUT2D eigenvalue weighted by Crippen LogP contribution is -2.37. The summed E-state index contributed by atoms with van der Waals surface area (Å²) >= 11 is 0. The van der Waals surface area contributed by atoms with Crippen molar-refractivity contribution in [2.45, 2.75) is 33.2 Å². The summed E-state index contributed by atoms with van der Waals surface area (Å²) in [6.07, 6.45) is 1.12. The molecule has 1 atom stereocenters. The van der Waals surface area contributed by atoms with E-state index in [0.29, 0.717) is 29.8 Å². The van der Waals surface area contributed by atoms with E-state index >= 15 is 0 Å². The van der Waals surface area contributed by atoms with Gasteiger partial charge in [-0.3, -0.25) is 14.4 Å². The van der Waals surface area contributed by atoms with Crippen molar-refractivity contribution >= 4 is 28.4 Å². The average Bonchev–Trinajstić information content (AvgIpc) is 3.18. The summed E-state index contributed by atoms with van der Waals surface area (Å²) in [5, 5.41) is 0.520. The fraction of sp³-hybridized carbons (Fsp3) is 0.333. The van der Waals surface area contributed by atoms with E-state index in [1.165, 1.54) is 5.56 Å². The Morgan fingerprint density at radius 1 is 1.13 bits per heavy atom. The molecule has 3 aromatic rings. The molecule has 2 heterocycles. The van der Waals surface area contributed by atoms with Gasteiger partial charge in [0.15, 0.2) is 0 Å². The van der Waals surface area contributed by atoms with Gasteiger partial charge >= 0.3 is 0 Å². The third-order valence-electron chi connectivity index (χ3n) is 5.83. The molecule has 2 amide bonds. The monoisotopic (exact) mass is 418 g/mol. The third-order valence-corrected chi connectivity index (χ3v) is 5.83. The largest absolute Gasteiger partial charge is 0.335 e. The van der Waals surface area contributed by atoms with E-state index in [-0.39, 0.29) is 30.3 Å². The van der Waals surface area contributed by atoms with Crippen LogP contribution in [-0.4, -0.2) is 39.8 Å². The normalized spacial score (nSPS) is 16.1. The quantitative estimate of drug-likeness (QED) is 0.667. The Labute approximate surface area is 180 Å². The van der Waals surface area contributed by atoms with Crippen LogP contribution in [0.25, 0.3) is 10.9 Å². The molecule has 1 saturated heterocycles. The van der Waals surface area contributed by atoms with Crippen LogP contribution in [0.15, 0.2) is 53.3 Å². The van der Waals surface area contributed by atoms with Crippen LogP contribution in [0.1, 0.15) is 31.7 Å². The lowest BCUT2D eigenvalue weighted by molar-refractivity contribution is -0.136. The van der Waals surface area contributed by atoms with Gasteiger partial charge in [-0.05, 0) is 43.2 Å². The zero-order chi connectivity index (χ0) is 22.0. The Hall–Kier alpha value is -3.48. The highest BCUT2D eigenvalue weighted by Gasteiger charge is 2.37. The van der Waals surface area contributed by atoms with Gasteiger partial charge < -0.3 is 14.8 Å². The van der Waals surface area contributed by atoms with E-state index in [0.717, 1.165) is 12.1 Å². The summed E-state index contributed by atoms with van der Waals surface area (Å²) in [6.45, 7) is 4.99. The number of nitrogens with zero attached hydrogens (tertiary/aromatic N) is 3. The number of fused-ring (bicyclic) bond motifs is 1.